The standard InChI is InChI=1S/C22H22N2O5S/c1-28-20-13-12-19(14-21(20)29-2)30(26,27)24-18-10-8-17(9-11-18)22(25)23-15-16-6-4-3-5-7-16/h3-14,24H,15H2,1-2H3,(H,23,25). The molecule has 8 heteroatoms. The van der Waals surface area contributed by atoms with Gasteiger partial charge in [-0.2, -0.15) is 0 Å². The van der Waals surface area contributed by atoms with E-state index < -0.39 is 10.0 Å². The van der Waals surface area contributed by atoms with Gasteiger partial charge in [0.05, 0.1) is 19.1 Å². The van der Waals surface area contributed by atoms with E-state index in [-0.39, 0.29) is 10.8 Å². The summed E-state index contributed by atoms with van der Waals surface area (Å²) in [5, 5.41) is 2.83. The van der Waals surface area contributed by atoms with Gasteiger partial charge in [0.15, 0.2) is 11.5 Å². The highest BCUT2D eigenvalue weighted by Crippen LogP contribution is 2.30. The van der Waals surface area contributed by atoms with Gasteiger partial charge in [0.1, 0.15) is 0 Å². The third kappa shape index (κ3) is 5.09. The van der Waals surface area contributed by atoms with Crippen molar-refractivity contribution >= 4 is 21.6 Å². The molecule has 0 aliphatic rings. The fourth-order valence-electron chi connectivity index (χ4n) is 2.77. The first-order chi connectivity index (χ1) is 14.4. The van der Waals surface area contributed by atoms with Crippen LogP contribution in [0.25, 0.3) is 0 Å². The molecular formula is C22H22N2O5S. The van der Waals surface area contributed by atoms with Crippen LogP contribution in [-0.4, -0.2) is 28.5 Å². The molecule has 3 rings (SSSR count). The first-order valence-electron chi connectivity index (χ1n) is 9.10. The van der Waals surface area contributed by atoms with Crippen LogP contribution in [0.3, 0.4) is 0 Å². The zero-order chi connectivity index (χ0) is 21.6. The van der Waals surface area contributed by atoms with E-state index in [1.807, 2.05) is 30.3 Å². The van der Waals surface area contributed by atoms with Gasteiger partial charge < -0.3 is 14.8 Å². The van der Waals surface area contributed by atoms with E-state index in [0.29, 0.717) is 29.3 Å². The van der Waals surface area contributed by atoms with E-state index in [1.165, 1.54) is 44.6 Å². The number of carbonyl (C=O) groups excluding carboxylic acids is 1. The number of rotatable bonds is 8. The lowest BCUT2D eigenvalue weighted by atomic mass is 10.2. The monoisotopic (exact) mass is 426 g/mol. The van der Waals surface area contributed by atoms with Crippen LogP contribution < -0.4 is 19.5 Å². The van der Waals surface area contributed by atoms with E-state index in [2.05, 4.69) is 10.0 Å². The van der Waals surface area contributed by atoms with Gasteiger partial charge >= 0.3 is 0 Å². The van der Waals surface area contributed by atoms with Crippen molar-refractivity contribution in [3.8, 4) is 11.5 Å². The van der Waals surface area contributed by atoms with Crippen LogP contribution in [-0.2, 0) is 16.6 Å². The minimum Gasteiger partial charge on any atom is -0.493 e. The van der Waals surface area contributed by atoms with Gasteiger partial charge in [0.25, 0.3) is 15.9 Å². The molecule has 0 aromatic heterocycles. The fourth-order valence-corrected chi connectivity index (χ4v) is 3.84. The molecule has 2 N–H and O–H groups in total. The van der Waals surface area contributed by atoms with Gasteiger partial charge in [0, 0.05) is 23.9 Å². The van der Waals surface area contributed by atoms with Gasteiger partial charge in [-0.3, -0.25) is 9.52 Å². The van der Waals surface area contributed by atoms with Gasteiger partial charge in [-0.25, -0.2) is 8.42 Å². The average Bonchev–Trinajstić information content (AvgIpc) is 2.77. The maximum absolute atomic E-state index is 12.7. The molecule has 0 heterocycles. The second-order valence-electron chi connectivity index (χ2n) is 6.37. The zero-order valence-electron chi connectivity index (χ0n) is 16.6. The van der Waals surface area contributed by atoms with Crippen LogP contribution in [0.4, 0.5) is 5.69 Å². The second kappa shape index (κ2) is 9.32. The lowest BCUT2D eigenvalue weighted by molar-refractivity contribution is 0.0951. The highest BCUT2D eigenvalue weighted by Gasteiger charge is 2.17. The van der Waals surface area contributed by atoms with E-state index in [1.54, 1.807) is 12.1 Å². The molecule has 3 aromatic rings. The highest BCUT2D eigenvalue weighted by molar-refractivity contribution is 7.92. The topological polar surface area (TPSA) is 93.7 Å². The Kier molecular flexibility index (Phi) is 6.58. The van der Waals surface area contributed by atoms with Crippen LogP contribution in [0.15, 0.2) is 77.7 Å². The molecule has 0 aliphatic carbocycles. The van der Waals surface area contributed by atoms with Crippen LogP contribution in [0.1, 0.15) is 15.9 Å². The van der Waals surface area contributed by atoms with Crippen LogP contribution in [0, 0.1) is 0 Å². The normalized spacial score (nSPS) is 10.9. The molecule has 0 atom stereocenters. The summed E-state index contributed by atoms with van der Waals surface area (Å²) in [6.07, 6.45) is 0. The van der Waals surface area contributed by atoms with Gasteiger partial charge in [-0.05, 0) is 42.0 Å². The molecule has 156 valence electrons. The fraction of sp³-hybridized carbons (Fsp3) is 0.136. The minimum atomic E-state index is -3.84. The molecule has 0 unspecified atom stereocenters. The summed E-state index contributed by atoms with van der Waals surface area (Å²) in [7, 11) is -0.929. The summed E-state index contributed by atoms with van der Waals surface area (Å²) in [6.45, 7) is 0.410. The molecule has 3 aromatic carbocycles. The number of methoxy groups -OCH3 is 2. The summed E-state index contributed by atoms with van der Waals surface area (Å²) < 4.78 is 38.1. The molecule has 0 bridgehead atoms. The molecule has 0 saturated carbocycles. The molecule has 30 heavy (non-hydrogen) atoms. The van der Waals surface area contributed by atoms with E-state index in [4.69, 9.17) is 9.47 Å². The molecule has 0 saturated heterocycles. The summed E-state index contributed by atoms with van der Waals surface area (Å²) in [6, 6.07) is 20.1. The Morgan fingerprint density at radius 1 is 0.867 bits per heavy atom. The molecule has 0 spiro atoms. The van der Waals surface area contributed by atoms with Crippen LogP contribution in [0.5, 0.6) is 11.5 Å². The number of nitrogens with one attached hydrogen (secondary N) is 2. The Bertz CT molecular complexity index is 1110. The zero-order valence-corrected chi connectivity index (χ0v) is 17.4. The van der Waals surface area contributed by atoms with Crippen molar-refractivity contribution in [1.29, 1.82) is 0 Å². The predicted molar refractivity (Wildman–Crippen MR) is 114 cm³/mol. The van der Waals surface area contributed by atoms with Gasteiger partial charge in [0.2, 0.25) is 0 Å². The number of sulfonamides is 1. The van der Waals surface area contributed by atoms with E-state index >= 15 is 0 Å². The molecule has 7 nitrogen and oxygen atoms in total. The third-order valence-corrected chi connectivity index (χ3v) is 5.74. The van der Waals surface area contributed by atoms with Crippen molar-refractivity contribution in [3.05, 3.63) is 83.9 Å². The number of amides is 1. The number of carbonyl (C=O) groups is 1. The van der Waals surface area contributed by atoms with E-state index in [9.17, 15) is 13.2 Å². The van der Waals surface area contributed by atoms with Crippen molar-refractivity contribution in [2.24, 2.45) is 0 Å². The predicted octanol–water partition coefficient (Wildman–Crippen LogP) is 3.43. The van der Waals surface area contributed by atoms with Crippen molar-refractivity contribution < 1.29 is 22.7 Å². The lowest BCUT2D eigenvalue weighted by Gasteiger charge is -2.12. The Labute approximate surface area is 175 Å². The van der Waals surface area contributed by atoms with Crippen molar-refractivity contribution in [3.63, 3.8) is 0 Å². The SMILES string of the molecule is COc1ccc(S(=O)(=O)Nc2ccc(C(=O)NCc3ccccc3)cc2)cc1OC. The minimum absolute atomic E-state index is 0.0323. The maximum Gasteiger partial charge on any atom is 0.262 e. The summed E-state index contributed by atoms with van der Waals surface area (Å²) in [4.78, 5) is 12.3. The lowest BCUT2D eigenvalue weighted by Crippen LogP contribution is -2.22. The first kappa shape index (κ1) is 21.2. The number of anilines is 1. The van der Waals surface area contributed by atoms with Gasteiger partial charge in [-0.1, -0.05) is 30.3 Å². The van der Waals surface area contributed by atoms with Crippen LogP contribution >= 0.6 is 0 Å². The maximum atomic E-state index is 12.7. The molecule has 0 radical (unpaired) electrons. The largest absolute Gasteiger partial charge is 0.493 e. The highest BCUT2D eigenvalue weighted by atomic mass is 32.2. The Morgan fingerprint density at radius 2 is 1.53 bits per heavy atom. The van der Waals surface area contributed by atoms with Crippen molar-refractivity contribution in [2.45, 2.75) is 11.4 Å². The summed E-state index contributed by atoms with van der Waals surface area (Å²) in [5.41, 5.74) is 1.76. The smallest absolute Gasteiger partial charge is 0.262 e. The Hall–Kier alpha value is -3.52. The molecule has 1 amide bonds. The number of hydrogen-bond donors (Lipinski definition) is 2. The quantitative estimate of drug-likeness (QED) is 0.576. The van der Waals surface area contributed by atoms with Crippen molar-refractivity contribution in [2.75, 3.05) is 18.9 Å². The number of ether oxygens (including phenoxy) is 2. The van der Waals surface area contributed by atoms with Crippen molar-refractivity contribution in [1.82, 2.24) is 5.32 Å². The molecular weight excluding hydrogens is 404 g/mol. The number of benzene rings is 3. The average molecular weight is 426 g/mol. The van der Waals surface area contributed by atoms with E-state index in [0.717, 1.165) is 5.56 Å². The summed E-state index contributed by atoms with van der Waals surface area (Å²) >= 11 is 0. The van der Waals surface area contributed by atoms with Gasteiger partial charge in [-0.15, -0.1) is 0 Å². The van der Waals surface area contributed by atoms with Crippen LogP contribution in [0.2, 0.25) is 0 Å². The Morgan fingerprint density at radius 3 is 2.17 bits per heavy atom. The first-order valence-corrected chi connectivity index (χ1v) is 10.6. The Balaban J connectivity index is 1.68. The molecule has 0 aliphatic heterocycles. The molecule has 0 fully saturated rings. The second-order valence-corrected chi connectivity index (χ2v) is 8.05. The number of hydrogen-bond acceptors (Lipinski definition) is 5. The third-order valence-electron chi connectivity index (χ3n) is 4.36. The summed E-state index contributed by atoms with van der Waals surface area (Å²) in [5.74, 6) is 0.501.